The Morgan fingerprint density at radius 3 is 2.49 bits per heavy atom. The average molecular weight is 494 g/mol. The maximum atomic E-state index is 13.1. The quantitative estimate of drug-likeness (QED) is 0.389. The standard InChI is InChI=1S/C27H31N3O4S/c1-19(21-10-12-22(13-11-21)34-18-20-7-6-15-28-17-20)29-27(32)24(14-16-35-3)30-26(31)23-8-4-5-9-25(23)33-2/h4-13,15,17,19,24H,14,16,18H2,1-3H3,(H,29,32)(H,30,31). The van der Waals surface area contributed by atoms with Gasteiger partial charge in [0.15, 0.2) is 0 Å². The molecule has 3 aromatic rings. The first kappa shape index (κ1) is 26.1. The maximum absolute atomic E-state index is 13.1. The molecule has 35 heavy (non-hydrogen) atoms. The first-order valence-electron chi connectivity index (χ1n) is 11.4. The van der Waals surface area contributed by atoms with E-state index in [1.54, 1.807) is 48.4 Å². The number of hydrogen-bond donors (Lipinski definition) is 2. The van der Waals surface area contributed by atoms with Gasteiger partial charge in [0, 0.05) is 18.0 Å². The predicted molar refractivity (Wildman–Crippen MR) is 139 cm³/mol. The Bertz CT molecular complexity index is 1090. The van der Waals surface area contributed by atoms with Crippen molar-refractivity contribution in [1.82, 2.24) is 15.6 Å². The number of benzene rings is 2. The first-order valence-corrected chi connectivity index (χ1v) is 12.8. The summed E-state index contributed by atoms with van der Waals surface area (Å²) < 4.78 is 11.1. The topological polar surface area (TPSA) is 89.5 Å². The highest BCUT2D eigenvalue weighted by Crippen LogP contribution is 2.20. The third-order valence-corrected chi connectivity index (χ3v) is 6.10. The molecule has 0 saturated carbocycles. The number of carbonyl (C=O) groups is 2. The molecule has 2 atom stereocenters. The van der Waals surface area contributed by atoms with Gasteiger partial charge in [-0.2, -0.15) is 11.8 Å². The Kier molecular flexibility index (Phi) is 9.98. The van der Waals surface area contributed by atoms with E-state index in [2.05, 4.69) is 15.6 Å². The zero-order valence-corrected chi connectivity index (χ0v) is 21.0. The number of para-hydroxylation sites is 1. The molecule has 8 heteroatoms. The van der Waals surface area contributed by atoms with Gasteiger partial charge < -0.3 is 20.1 Å². The second kappa shape index (κ2) is 13.4. The number of thioether (sulfide) groups is 1. The van der Waals surface area contributed by atoms with Gasteiger partial charge in [-0.3, -0.25) is 14.6 Å². The molecule has 7 nitrogen and oxygen atoms in total. The molecule has 1 heterocycles. The lowest BCUT2D eigenvalue weighted by atomic mass is 10.1. The lowest BCUT2D eigenvalue weighted by Crippen LogP contribution is -2.47. The number of aromatic nitrogens is 1. The van der Waals surface area contributed by atoms with E-state index in [9.17, 15) is 9.59 Å². The van der Waals surface area contributed by atoms with Crippen molar-refractivity contribution >= 4 is 23.6 Å². The lowest BCUT2D eigenvalue weighted by Gasteiger charge is -2.22. The zero-order chi connectivity index (χ0) is 25.0. The summed E-state index contributed by atoms with van der Waals surface area (Å²) in [5.74, 6) is 1.37. The molecule has 0 bridgehead atoms. The lowest BCUT2D eigenvalue weighted by molar-refractivity contribution is -0.123. The summed E-state index contributed by atoms with van der Waals surface area (Å²) in [5, 5.41) is 5.90. The van der Waals surface area contributed by atoms with Crippen molar-refractivity contribution in [3.8, 4) is 11.5 Å². The fraction of sp³-hybridized carbons (Fsp3) is 0.296. The summed E-state index contributed by atoms with van der Waals surface area (Å²) >= 11 is 1.62. The normalized spacial score (nSPS) is 12.3. The molecule has 2 amide bonds. The minimum atomic E-state index is -0.663. The predicted octanol–water partition coefficient (Wildman–Crippen LogP) is 4.40. The number of hydrogen-bond acceptors (Lipinski definition) is 6. The van der Waals surface area contributed by atoms with Crippen molar-refractivity contribution in [2.75, 3.05) is 19.1 Å². The highest BCUT2D eigenvalue weighted by molar-refractivity contribution is 7.98. The van der Waals surface area contributed by atoms with Crippen LogP contribution in [-0.2, 0) is 11.4 Å². The van der Waals surface area contributed by atoms with Crippen molar-refractivity contribution in [2.24, 2.45) is 0 Å². The van der Waals surface area contributed by atoms with Crippen LogP contribution in [0.15, 0.2) is 73.1 Å². The number of methoxy groups -OCH3 is 1. The molecule has 0 fully saturated rings. The average Bonchev–Trinajstić information content (AvgIpc) is 2.90. The van der Waals surface area contributed by atoms with Gasteiger partial charge in [0.1, 0.15) is 24.1 Å². The molecule has 3 rings (SSSR count). The van der Waals surface area contributed by atoms with Crippen molar-refractivity contribution in [1.29, 1.82) is 0 Å². The van der Waals surface area contributed by atoms with Gasteiger partial charge in [-0.05, 0) is 61.2 Å². The first-order chi connectivity index (χ1) is 17.0. The molecular weight excluding hydrogens is 462 g/mol. The van der Waals surface area contributed by atoms with E-state index >= 15 is 0 Å². The highest BCUT2D eigenvalue weighted by Gasteiger charge is 2.24. The van der Waals surface area contributed by atoms with Crippen LogP contribution >= 0.6 is 11.8 Å². The monoisotopic (exact) mass is 493 g/mol. The molecule has 0 spiro atoms. The van der Waals surface area contributed by atoms with Crippen LogP contribution in [0.3, 0.4) is 0 Å². The second-order valence-electron chi connectivity index (χ2n) is 7.96. The Labute approximate surface area is 210 Å². The molecule has 2 aromatic carbocycles. The van der Waals surface area contributed by atoms with Crippen LogP contribution in [0.1, 0.15) is 40.9 Å². The SMILES string of the molecule is COc1ccccc1C(=O)NC(CCSC)C(=O)NC(C)c1ccc(OCc2cccnc2)cc1. The Hall–Kier alpha value is -3.52. The molecule has 184 valence electrons. The molecule has 2 unspecified atom stereocenters. The molecule has 1 aromatic heterocycles. The number of rotatable bonds is 12. The molecule has 2 N–H and O–H groups in total. The molecule has 0 radical (unpaired) electrons. The number of amides is 2. The number of nitrogens with zero attached hydrogens (tertiary/aromatic N) is 1. The van der Waals surface area contributed by atoms with Gasteiger partial charge >= 0.3 is 0 Å². The highest BCUT2D eigenvalue weighted by atomic mass is 32.2. The number of carbonyl (C=O) groups excluding carboxylic acids is 2. The third kappa shape index (κ3) is 7.75. The van der Waals surface area contributed by atoms with Gasteiger partial charge in [0.2, 0.25) is 5.91 Å². The van der Waals surface area contributed by atoms with Gasteiger partial charge in [-0.1, -0.05) is 30.3 Å². The smallest absolute Gasteiger partial charge is 0.255 e. The van der Waals surface area contributed by atoms with Gasteiger partial charge in [-0.15, -0.1) is 0 Å². The summed E-state index contributed by atoms with van der Waals surface area (Å²) in [6.07, 6.45) is 5.98. The summed E-state index contributed by atoms with van der Waals surface area (Å²) in [4.78, 5) is 30.0. The van der Waals surface area contributed by atoms with E-state index in [0.29, 0.717) is 24.3 Å². The second-order valence-corrected chi connectivity index (χ2v) is 8.94. The minimum Gasteiger partial charge on any atom is -0.496 e. The van der Waals surface area contributed by atoms with E-state index in [1.165, 1.54) is 7.11 Å². The summed E-state index contributed by atoms with van der Waals surface area (Å²) in [5.41, 5.74) is 2.32. The zero-order valence-electron chi connectivity index (χ0n) is 20.2. The number of pyridine rings is 1. The minimum absolute atomic E-state index is 0.230. The van der Waals surface area contributed by atoms with Crippen LogP contribution in [0.4, 0.5) is 0 Å². The van der Waals surface area contributed by atoms with Crippen LogP contribution < -0.4 is 20.1 Å². The van der Waals surface area contributed by atoms with Crippen LogP contribution in [-0.4, -0.2) is 42.0 Å². The summed E-state index contributed by atoms with van der Waals surface area (Å²) in [6, 6.07) is 17.5. The van der Waals surface area contributed by atoms with Gasteiger partial charge in [-0.25, -0.2) is 0 Å². The van der Waals surface area contributed by atoms with E-state index < -0.39 is 6.04 Å². The fourth-order valence-electron chi connectivity index (χ4n) is 3.47. The third-order valence-electron chi connectivity index (χ3n) is 5.45. The molecule has 0 aliphatic carbocycles. The molecule has 0 aliphatic heterocycles. The Morgan fingerprint density at radius 1 is 1.03 bits per heavy atom. The Balaban J connectivity index is 1.60. The summed E-state index contributed by atoms with van der Waals surface area (Å²) in [7, 11) is 1.51. The van der Waals surface area contributed by atoms with Crippen LogP contribution in [0, 0.1) is 0 Å². The Morgan fingerprint density at radius 2 is 1.80 bits per heavy atom. The van der Waals surface area contributed by atoms with Crippen LogP contribution in [0.25, 0.3) is 0 Å². The molecular formula is C27H31N3O4S. The molecule has 0 aliphatic rings. The van der Waals surface area contributed by atoms with Crippen molar-refractivity contribution in [3.05, 3.63) is 89.7 Å². The van der Waals surface area contributed by atoms with Crippen molar-refractivity contribution in [2.45, 2.75) is 32.0 Å². The van der Waals surface area contributed by atoms with E-state index in [1.807, 2.05) is 49.6 Å². The summed E-state index contributed by atoms with van der Waals surface area (Å²) in [6.45, 7) is 2.35. The van der Waals surface area contributed by atoms with E-state index in [0.717, 1.165) is 22.6 Å². The van der Waals surface area contributed by atoms with E-state index in [-0.39, 0.29) is 17.9 Å². The van der Waals surface area contributed by atoms with Gasteiger partial charge in [0.25, 0.3) is 5.91 Å². The van der Waals surface area contributed by atoms with E-state index in [4.69, 9.17) is 9.47 Å². The molecule has 0 saturated heterocycles. The van der Waals surface area contributed by atoms with Crippen LogP contribution in [0.5, 0.6) is 11.5 Å². The number of ether oxygens (including phenoxy) is 2. The van der Waals surface area contributed by atoms with Crippen molar-refractivity contribution < 1.29 is 19.1 Å². The largest absolute Gasteiger partial charge is 0.496 e. The van der Waals surface area contributed by atoms with Crippen LogP contribution in [0.2, 0.25) is 0 Å². The van der Waals surface area contributed by atoms with Gasteiger partial charge in [0.05, 0.1) is 18.7 Å². The number of nitrogens with one attached hydrogen (secondary N) is 2. The van der Waals surface area contributed by atoms with Crippen molar-refractivity contribution in [3.63, 3.8) is 0 Å². The fourth-order valence-corrected chi connectivity index (χ4v) is 3.94. The maximum Gasteiger partial charge on any atom is 0.255 e.